The van der Waals surface area contributed by atoms with Crippen LogP contribution in [0.1, 0.15) is 30.1 Å². The van der Waals surface area contributed by atoms with Crippen molar-refractivity contribution in [2.24, 2.45) is 0 Å². The number of ketones is 1. The number of nitrogens with one attached hydrogen (secondary N) is 2. The number of hydrogen-bond acceptors (Lipinski definition) is 6. The molecule has 2 saturated heterocycles. The Labute approximate surface area is 238 Å². The molecule has 10 nitrogen and oxygen atoms in total. The average Bonchev–Trinajstić information content (AvgIpc) is 3.41. The molecule has 0 bridgehead atoms. The zero-order valence-corrected chi connectivity index (χ0v) is 23.1. The first-order valence-corrected chi connectivity index (χ1v) is 13.7. The number of fused-ring (bicyclic) bond motifs is 1. The third-order valence-electron chi connectivity index (χ3n) is 7.20. The summed E-state index contributed by atoms with van der Waals surface area (Å²) in [6, 6.07) is 13.0. The van der Waals surface area contributed by atoms with Crippen molar-refractivity contribution >= 4 is 45.7 Å². The Morgan fingerprint density at radius 1 is 1.00 bits per heavy atom. The predicted molar refractivity (Wildman–Crippen MR) is 160 cm³/mol. The van der Waals surface area contributed by atoms with Gasteiger partial charge in [-0.25, -0.2) is 9.48 Å². The summed E-state index contributed by atoms with van der Waals surface area (Å²) in [6.45, 7) is 9.71. The molecule has 0 aliphatic carbocycles. The molecule has 1 aromatic heterocycles. The fraction of sp³-hybridized carbons (Fsp3) is 0.290. The molecular weight excluding hydrogens is 520 g/mol. The number of piperidine rings is 1. The standard InChI is InChI=1S/C31H34N6O4/c1-3-26(8-4-22(2)33-31(40)36-14-12-28(38)13-15-36)37-29-11-7-25(20-24(29)21-32-37)34-30(39)23-5-9-27(10-6-23)35-16-18-41-19-17-35/h3-11,20-21H,1,12-19H2,2H3,(H,33,40)(H,34,39)/b22-4+,26-8+. The van der Waals surface area contributed by atoms with Gasteiger partial charge < -0.3 is 25.2 Å². The molecule has 5 rings (SSSR count). The van der Waals surface area contributed by atoms with Gasteiger partial charge in [0.1, 0.15) is 5.78 Å². The lowest BCUT2D eigenvalue weighted by molar-refractivity contribution is -0.120. The molecule has 2 aromatic carbocycles. The molecule has 0 atom stereocenters. The largest absolute Gasteiger partial charge is 0.378 e. The average molecular weight is 555 g/mol. The Morgan fingerprint density at radius 3 is 2.44 bits per heavy atom. The molecule has 3 aromatic rings. The molecule has 212 valence electrons. The minimum absolute atomic E-state index is 0.184. The van der Waals surface area contributed by atoms with Crippen molar-refractivity contribution in [2.75, 3.05) is 49.6 Å². The SMILES string of the molecule is C=C/C(=C\C=C(/C)NC(=O)N1CCC(=O)CC1)n1ncc2cc(NC(=O)c3ccc(N4CCOCC4)cc3)ccc21. The van der Waals surface area contributed by atoms with Gasteiger partial charge in [0.25, 0.3) is 5.91 Å². The van der Waals surface area contributed by atoms with Crippen molar-refractivity contribution in [3.63, 3.8) is 0 Å². The number of rotatable bonds is 7. The zero-order valence-electron chi connectivity index (χ0n) is 23.1. The number of allylic oxidation sites excluding steroid dienone is 5. The summed E-state index contributed by atoms with van der Waals surface area (Å²) >= 11 is 0. The third kappa shape index (κ3) is 6.72. The second kappa shape index (κ2) is 12.6. The van der Waals surface area contributed by atoms with E-state index in [0.29, 0.717) is 61.8 Å². The van der Waals surface area contributed by atoms with Crippen LogP contribution in [0.3, 0.4) is 0 Å². The molecule has 0 spiro atoms. The summed E-state index contributed by atoms with van der Waals surface area (Å²) in [5.74, 6) is 0.00554. The van der Waals surface area contributed by atoms with E-state index in [9.17, 15) is 14.4 Å². The lowest BCUT2D eigenvalue weighted by Crippen LogP contribution is -2.43. The first kappa shape index (κ1) is 27.9. The number of ether oxygens (including phenoxy) is 1. The van der Waals surface area contributed by atoms with Crippen LogP contribution in [0.15, 0.2) is 79.2 Å². The summed E-state index contributed by atoms with van der Waals surface area (Å²) in [7, 11) is 0. The van der Waals surface area contributed by atoms with Gasteiger partial charge in [-0.05, 0) is 67.6 Å². The highest BCUT2D eigenvalue weighted by molar-refractivity contribution is 6.05. The minimum atomic E-state index is -0.216. The molecule has 2 aliphatic heterocycles. The molecule has 41 heavy (non-hydrogen) atoms. The summed E-state index contributed by atoms with van der Waals surface area (Å²) < 4.78 is 7.16. The summed E-state index contributed by atoms with van der Waals surface area (Å²) in [6.07, 6.45) is 7.83. The smallest absolute Gasteiger partial charge is 0.321 e. The molecule has 3 amide bonds. The molecule has 10 heteroatoms. The molecular formula is C31H34N6O4. The van der Waals surface area contributed by atoms with E-state index >= 15 is 0 Å². The number of Topliss-reactive ketones (excluding diaryl/α,β-unsaturated/α-hetero) is 1. The number of nitrogens with zero attached hydrogens (tertiary/aromatic N) is 4. The monoisotopic (exact) mass is 554 g/mol. The number of carbonyl (C=O) groups is 3. The van der Waals surface area contributed by atoms with E-state index in [-0.39, 0.29) is 17.7 Å². The van der Waals surface area contributed by atoms with Gasteiger partial charge in [-0.2, -0.15) is 5.10 Å². The summed E-state index contributed by atoms with van der Waals surface area (Å²) in [5.41, 5.74) is 4.55. The van der Waals surface area contributed by atoms with Crippen LogP contribution in [0.5, 0.6) is 0 Å². The number of benzene rings is 2. The number of morpholine rings is 1. The van der Waals surface area contributed by atoms with Crippen LogP contribution >= 0.6 is 0 Å². The number of likely N-dealkylation sites (tertiary alicyclic amines) is 1. The van der Waals surface area contributed by atoms with Crippen LogP contribution in [0.25, 0.3) is 16.6 Å². The molecule has 0 saturated carbocycles. The molecule has 2 fully saturated rings. The maximum Gasteiger partial charge on any atom is 0.321 e. The van der Waals surface area contributed by atoms with Gasteiger partial charge >= 0.3 is 6.03 Å². The highest BCUT2D eigenvalue weighted by atomic mass is 16.5. The lowest BCUT2D eigenvalue weighted by atomic mass is 10.1. The van der Waals surface area contributed by atoms with Crippen molar-refractivity contribution < 1.29 is 19.1 Å². The highest BCUT2D eigenvalue weighted by Gasteiger charge is 2.20. The van der Waals surface area contributed by atoms with Crippen LogP contribution in [-0.4, -0.2) is 71.8 Å². The predicted octanol–water partition coefficient (Wildman–Crippen LogP) is 4.43. The molecule has 0 radical (unpaired) electrons. The van der Waals surface area contributed by atoms with E-state index in [1.54, 1.807) is 34.9 Å². The minimum Gasteiger partial charge on any atom is -0.378 e. The van der Waals surface area contributed by atoms with E-state index < -0.39 is 0 Å². The zero-order chi connectivity index (χ0) is 28.8. The Balaban J connectivity index is 1.24. The number of hydrogen-bond donors (Lipinski definition) is 2. The van der Waals surface area contributed by atoms with Crippen molar-refractivity contribution in [1.82, 2.24) is 20.0 Å². The number of urea groups is 1. The molecule has 3 heterocycles. The number of aromatic nitrogens is 2. The molecule has 2 N–H and O–H groups in total. The van der Waals surface area contributed by atoms with Crippen LogP contribution in [0.4, 0.5) is 16.2 Å². The van der Waals surface area contributed by atoms with Gasteiger partial charge in [0.15, 0.2) is 0 Å². The van der Waals surface area contributed by atoms with Crippen LogP contribution in [0, 0.1) is 0 Å². The maximum atomic E-state index is 12.9. The van der Waals surface area contributed by atoms with E-state index in [2.05, 4.69) is 27.2 Å². The quantitative estimate of drug-likeness (QED) is 0.419. The second-order valence-electron chi connectivity index (χ2n) is 10.0. The van der Waals surface area contributed by atoms with Crippen molar-refractivity contribution in [3.05, 3.63) is 84.7 Å². The van der Waals surface area contributed by atoms with E-state index in [4.69, 9.17) is 4.74 Å². The van der Waals surface area contributed by atoms with E-state index in [0.717, 1.165) is 29.7 Å². The van der Waals surface area contributed by atoms with Gasteiger partial charge in [0, 0.05) is 67.0 Å². The Hall–Kier alpha value is -4.70. The number of amides is 3. The van der Waals surface area contributed by atoms with Gasteiger partial charge in [-0.1, -0.05) is 6.58 Å². The van der Waals surface area contributed by atoms with Crippen LogP contribution in [0.2, 0.25) is 0 Å². The van der Waals surface area contributed by atoms with Gasteiger partial charge in [-0.15, -0.1) is 0 Å². The number of carbonyl (C=O) groups excluding carboxylic acids is 3. The van der Waals surface area contributed by atoms with Crippen molar-refractivity contribution in [1.29, 1.82) is 0 Å². The van der Waals surface area contributed by atoms with Crippen LogP contribution < -0.4 is 15.5 Å². The van der Waals surface area contributed by atoms with Crippen LogP contribution in [-0.2, 0) is 9.53 Å². The fourth-order valence-corrected chi connectivity index (χ4v) is 4.85. The van der Waals surface area contributed by atoms with Crippen molar-refractivity contribution in [3.8, 4) is 0 Å². The Bertz CT molecular complexity index is 1510. The summed E-state index contributed by atoms with van der Waals surface area (Å²) in [4.78, 5) is 40.7. The maximum absolute atomic E-state index is 12.9. The summed E-state index contributed by atoms with van der Waals surface area (Å²) in [5, 5.41) is 11.2. The van der Waals surface area contributed by atoms with Gasteiger partial charge in [0.05, 0.1) is 30.6 Å². The first-order valence-electron chi connectivity index (χ1n) is 13.7. The topological polar surface area (TPSA) is 109 Å². The second-order valence-corrected chi connectivity index (χ2v) is 10.0. The Kier molecular flexibility index (Phi) is 8.59. The Morgan fingerprint density at radius 2 is 1.73 bits per heavy atom. The van der Waals surface area contributed by atoms with Crippen molar-refractivity contribution in [2.45, 2.75) is 19.8 Å². The van der Waals surface area contributed by atoms with E-state index in [1.807, 2.05) is 48.5 Å². The number of anilines is 2. The first-order chi connectivity index (χ1) is 19.9. The molecule has 2 aliphatic rings. The van der Waals surface area contributed by atoms with Gasteiger partial charge in [-0.3, -0.25) is 9.59 Å². The van der Waals surface area contributed by atoms with E-state index in [1.165, 1.54) is 0 Å². The fourth-order valence-electron chi connectivity index (χ4n) is 4.85. The highest BCUT2D eigenvalue weighted by Crippen LogP contribution is 2.23. The molecule has 0 unspecified atom stereocenters. The lowest BCUT2D eigenvalue weighted by Gasteiger charge is -2.28. The van der Waals surface area contributed by atoms with Gasteiger partial charge in [0.2, 0.25) is 0 Å². The third-order valence-corrected chi connectivity index (χ3v) is 7.20. The normalized spacial score (nSPS) is 16.6.